The third-order valence-corrected chi connectivity index (χ3v) is 3.11. The standard InChI is InChI=1S/C14H29N5O3.C3H8.C2H6/c1-9(2)7-11(13(17)21)19-12(20)8-18-14(22)10(16)5-3-4-6-15;1-3-2;1-2/h9-11H,3-8,15-16H2,1-2H3,(H2,17,21)(H,18,22)(H,19,20);3H2,1-2H3;1-2H3/t10-,11-;;/m0../s1. The highest BCUT2D eigenvalue weighted by Gasteiger charge is 2.20. The molecule has 0 aliphatic heterocycles. The summed E-state index contributed by atoms with van der Waals surface area (Å²) in [5.41, 5.74) is 16.3. The van der Waals surface area contributed by atoms with Gasteiger partial charge in [-0.3, -0.25) is 14.4 Å². The number of carbonyl (C=O) groups is 3. The molecule has 0 aromatic rings. The minimum absolute atomic E-state index is 0.211. The Balaban J connectivity index is -0.00000104. The van der Waals surface area contributed by atoms with E-state index in [0.717, 1.165) is 12.8 Å². The van der Waals surface area contributed by atoms with Crippen molar-refractivity contribution in [3.63, 3.8) is 0 Å². The summed E-state index contributed by atoms with van der Waals surface area (Å²) >= 11 is 0. The van der Waals surface area contributed by atoms with Crippen LogP contribution in [0.1, 0.15) is 73.6 Å². The van der Waals surface area contributed by atoms with E-state index < -0.39 is 29.8 Å². The van der Waals surface area contributed by atoms with Gasteiger partial charge in [0.1, 0.15) is 6.04 Å². The van der Waals surface area contributed by atoms with Gasteiger partial charge in [-0.2, -0.15) is 0 Å². The Kier molecular flexibility index (Phi) is 23.0. The fourth-order valence-corrected chi connectivity index (χ4v) is 1.90. The van der Waals surface area contributed by atoms with Crippen molar-refractivity contribution in [3.8, 4) is 0 Å². The first kappa shape index (κ1) is 30.1. The van der Waals surface area contributed by atoms with Crippen LogP contribution in [0, 0.1) is 5.92 Å². The van der Waals surface area contributed by atoms with Crippen LogP contribution in [0.4, 0.5) is 0 Å². The van der Waals surface area contributed by atoms with E-state index in [0.29, 0.717) is 19.4 Å². The van der Waals surface area contributed by atoms with Crippen molar-refractivity contribution < 1.29 is 14.4 Å². The van der Waals surface area contributed by atoms with Gasteiger partial charge in [0.25, 0.3) is 0 Å². The average molecular weight is 390 g/mol. The zero-order valence-electron chi connectivity index (χ0n) is 18.1. The lowest BCUT2D eigenvalue weighted by Crippen LogP contribution is -2.50. The molecule has 0 bridgehead atoms. The van der Waals surface area contributed by atoms with E-state index in [-0.39, 0.29) is 12.5 Å². The van der Waals surface area contributed by atoms with Crippen LogP contribution in [0.2, 0.25) is 0 Å². The fourth-order valence-electron chi connectivity index (χ4n) is 1.90. The molecular formula is C19H43N5O3. The van der Waals surface area contributed by atoms with E-state index in [1.165, 1.54) is 6.42 Å². The second-order valence-electron chi connectivity index (χ2n) is 6.47. The predicted molar refractivity (Wildman–Crippen MR) is 112 cm³/mol. The quantitative estimate of drug-likeness (QED) is 0.334. The Morgan fingerprint density at radius 1 is 1.04 bits per heavy atom. The van der Waals surface area contributed by atoms with E-state index in [4.69, 9.17) is 17.2 Å². The van der Waals surface area contributed by atoms with E-state index in [1.54, 1.807) is 0 Å². The van der Waals surface area contributed by atoms with Gasteiger partial charge in [0, 0.05) is 0 Å². The second kappa shape index (κ2) is 20.6. The Labute approximate surface area is 165 Å². The first-order chi connectivity index (χ1) is 12.7. The normalized spacial score (nSPS) is 11.9. The molecule has 0 spiro atoms. The molecule has 0 saturated heterocycles. The topological polar surface area (TPSA) is 153 Å². The fraction of sp³-hybridized carbons (Fsp3) is 0.842. The van der Waals surface area contributed by atoms with Crippen LogP contribution < -0.4 is 27.8 Å². The third kappa shape index (κ3) is 20.5. The molecule has 0 heterocycles. The molecule has 8 nitrogen and oxygen atoms in total. The molecule has 0 unspecified atom stereocenters. The number of amides is 3. The summed E-state index contributed by atoms with van der Waals surface area (Å²) < 4.78 is 0. The predicted octanol–water partition coefficient (Wildman–Crippen LogP) is 1.02. The molecule has 2 atom stereocenters. The average Bonchev–Trinajstić information content (AvgIpc) is 2.61. The van der Waals surface area contributed by atoms with Crippen molar-refractivity contribution in [3.05, 3.63) is 0 Å². The highest BCUT2D eigenvalue weighted by Crippen LogP contribution is 2.04. The molecule has 0 radical (unpaired) electrons. The largest absolute Gasteiger partial charge is 0.368 e. The lowest BCUT2D eigenvalue weighted by atomic mass is 10.0. The molecule has 0 aromatic carbocycles. The number of unbranched alkanes of at least 4 members (excludes halogenated alkanes) is 1. The summed E-state index contributed by atoms with van der Waals surface area (Å²) in [4.78, 5) is 34.7. The van der Waals surface area contributed by atoms with Crippen LogP contribution in [0.5, 0.6) is 0 Å². The second-order valence-corrected chi connectivity index (χ2v) is 6.47. The van der Waals surface area contributed by atoms with Crippen molar-refractivity contribution >= 4 is 17.7 Å². The van der Waals surface area contributed by atoms with E-state index in [2.05, 4.69) is 24.5 Å². The minimum atomic E-state index is -0.734. The van der Waals surface area contributed by atoms with Crippen LogP contribution in [0.3, 0.4) is 0 Å². The number of primary amides is 1. The molecule has 0 aliphatic rings. The van der Waals surface area contributed by atoms with E-state index in [1.807, 2.05) is 27.7 Å². The Morgan fingerprint density at radius 3 is 1.96 bits per heavy atom. The van der Waals surface area contributed by atoms with Gasteiger partial charge in [-0.25, -0.2) is 0 Å². The maximum absolute atomic E-state index is 11.7. The monoisotopic (exact) mass is 389 g/mol. The minimum Gasteiger partial charge on any atom is -0.368 e. The van der Waals surface area contributed by atoms with E-state index >= 15 is 0 Å². The summed E-state index contributed by atoms with van der Waals surface area (Å²) in [6, 6.07) is -1.40. The highest BCUT2D eigenvalue weighted by atomic mass is 16.2. The maximum Gasteiger partial charge on any atom is 0.240 e. The van der Waals surface area contributed by atoms with Crippen LogP contribution >= 0.6 is 0 Å². The molecule has 0 aliphatic carbocycles. The van der Waals surface area contributed by atoms with Gasteiger partial charge >= 0.3 is 0 Å². The zero-order chi connectivity index (χ0) is 21.8. The molecule has 27 heavy (non-hydrogen) atoms. The summed E-state index contributed by atoms with van der Waals surface area (Å²) in [5.74, 6) is -1.24. The molecule has 8 heteroatoms. The molecule has 0 aromatic heterocycles. The number of hydrogen-bond donors (Lipinski definition) is 5. The smallest absolute Gasteiger partial charge is 0.240 e. The lowest BCUT2D eigenvalue weighted by Gasteiger charge is -2.18. The molecule has 0 saturated carbocycles. The molecule has 0 rings (SSSR count). The molecule has 3 amide bonds. The summed E-state index contributed by atoms with van der Waals surface area (Å²) in [7, 11) is 0. The number of rotatable bonds is 11. The van der Waals surface area contributed by atoms with Crippen molar-refractivity contribution in [2.24, 2.45) is 23.1 Å². The van der Waals surface area contributed by atoms with Crippen LogP contribution in [0.15, 0.2) is 0 Å². The van der Waals surface area contributed by atoms with Crippen LogP contribution in [0.25, 0.3) is 0 Å². The van der Waals surface area contributed by atoms with E-state index in [9.17, 15) is 14.4 Å². The van der Waals surface area contributed by atoms with Gasteiger partial charge in [0.15, 0.2) is 0 Å². The molecule has 0 fully saturated rings. The Hall–Kier alpha value is -1.67. The van der Waals surface area contributed by atoms with Gasteiger partial charge in [-0.1, -0.05) is 54.4 Å². The van der Waals surface area contributed by atoms with Gasteiger partial charge in [-0.15, -0.1) is 0 Å². The zero-order valence-corrected chi connectivity index (χ0v) is 18.1. The third-order valence-electron chi connectivity index (χ3n) is 3.11. The number of nitrogens with two attached hydrogens (primary N) is 3. The highest BCUT2D eigenvalue weighted by molar-refractivity contribution is 5.90. The van der Waals surface area contributed by atoms with Crippen LogP contribution in [-0.4, -0.2) is 42.9 Å². The molecular weight excluding hydrogens is 346 g/mol. The number of nitrogens with one attached hydrogen (secondary N) is 2. The van der Waals surface area contributed by atoms with Crippen molar-refractivity contribution in [1.82, 2.24) is 10.6 Å². The van der Waals surface area contributed by atoms with Crippen molar-refractivity contribution in [1.29, 1.82) is 0 Å². The first-order valence-corrected chi connectivity index (χ1v) is 10.0. The number of hydrogen-bond acceptors (Lipinski definition) is 5. The maximum atomic E-state index is 11.7. The van der Waals surface area contributed by atoms with Gasteiger partial charge in [-0.05, 0) is 31.7 Å². The van der Waals surface area contributed by atoms with Crippen LogP contribution in [-0.2, 0) is 14.4 Å². The lowest BCUT2D eigenvalue weighted by molar-refractivity contribution is -0.129. The van der Waals surface area contributed by atoms with Gasteiger partial charge < -0.3 is 27.8 Å². The summed E-state index contributed by atoms with van der Waals surface area (Å²) in [5, 5.41) is 4.96. The Morgan fingerprint density at radius 2 is 1.56 bits per heavy atom. The SMILES string of the molecule is CC.CC(C)C[C@H](NC(=O)CNC(=O)[C@@H](N)CCCCN)C(N)=O.CCC. The number of carbonyl (C=O) groups excluding carboxylic acids is 3. The van der Waals surface area contributed by atoms with Crippen molar-refractivity contribution in [2.75, 3.05) is 13.1 Å². The first-order valence-electron chi connectivity index (χ1n) is 10.0. The molecule has 8 N–H and O–H groups in total. The van der Waals surface area contributed by atoms with Gasteiger partial charge in [0.05, 0.1) is 12.6 Å². The Bertz CT molecular complexity index is 390. The molecule has 162 valence electrons. The summed E-state index contributed by atoms with van der Waals surface area (Å²) in [6.07, 6.45) is 3.78. The van der Waals surface area contributed by atoms with Crippen molar-refractivity contribution in [2.45, 2.75) is 85.7 Å². The summed E-state index contributed by atoms with van der Waals surface area (Å²) in [6.45, 7) is 12.4. The van der Waals surface area contributed by atoms with Gasteiger partial charge in [0.2, 0.25) is 17.7 Å².